The summed E-state index contributed by atoms with van der Waals surface area (Å²) in [5.74, 6) is -0.0428. The van der Waals surface area contributed by atoms with Gasteiger partial charge in [0.25, 0.3) is 0 Å². The molecule has 5 nitrogen and oxygen atoms in total. The number of aromatic nitrogens is 2. The summed E-state index contributed by atoms with van der Waals surface area (Å²) in [5, 5.41) is 2.82. The first-order valence-corrected chi connectivity index (χ1v) is 6.02. The molecule has 5 heteroatoms. The molecule has 2 heterocycles. The third-order valence-corrected chi connectivity index (χ3v) is 2.72. The predicted molar refractivity (Wildman–Crippen MR) is 70.0 cm³/mol. The molecule has 18 heavy (non-hydrogen) atoms. The second-order valence-electron chi connectivity index (χ2n) is 4.59. The maximum Gasteiger partial charge on any atom is 0.221 e. The van der Waals surface area contributed by atoms with E-state index in [1.807, 2.05) is 42.6 Å². The Morgan fingerprint density at radius 2 is 2.33 bits per heavy atom. The zero-order valence-electron chi connectivity index (χ0n) is 10.7. The molecule has 2 aromatic heterocycles. The van der Waals surface area contributed by atoms with E-state index in [1.54, 1.807) is 0 Å². The second kappa shape index (κ2) is 5.18. The quantitative estimate of drug-likeness (QED) is 0.845. The topological polar surface area (TPSA) is 72.4 Å². The molecule has 2 rings (SSSR count). The smallest absolute Gasteiger partial charge is 0.221 e. The summed E-state index contributed by atoms with van der Waals surface area (Å²) in [6, 6.07) is 5.82. The van der Waals surface area contributed by atoms with Gasteiger partial charge in [-0.25, -0.2) is 4.98 Å². The molecule has 3 N–H and O–H groups in total. The van der Waals surface area contributed by atoms with Crippen LogP contribution in [-0.2, 0) is 11.3 Å². The summed E-state index contributed by atoms with van der Waals surface area (Å²) >= 11 is 0. The predicted octanol–water partition coefficient (Wildman–Crippen LogP) is 0.996. The van der Waals surface area contributed by atoms with Crippen molar-refractivity contribution in [3.8, 4) is 0 Å². The second-order valence-corrected chi connectivity index (χ2v) is 4.59. The van der Waals surface area contributed by atoms with E-state index in [0.29, 0.717) is 13.0 Å². The molecule has 0 aromatic carbocycles. The van der Waals surface area contributed by atoms with Crippen LogP contribution in [0, 0.1) is 6.92 Å². The first-order valence-electron chi connectivity index (χ1n) is 6.02. The summed E-state index contributed by atoms with van der Waals surface area (Å²) < 4.78 is 2.01. The van der Waals surface area contributed by atoms with Crippen molar-refractivity contribution in [1.29, 1.82) is 0 Å². The van der Waals surface area contributed by atoms with Gasteiger partial charge in [-0.1, -0.05) is 6.07 Å². The van der Waals surface area contributed by atoms with Gasteiger partial charge in [0.2, 0.25) is 5.91 Å². The molecule has 0 aliphatic rings. The highest BCUT2D eigenvalue weighted by molar-refractivity contribution is 5.76. The van der Waals surface area contributed by atoms with Gasteiger partial charge in [-0.15, -0.1) is 0 Å². The maximum atomic E-state index is 11.5. The Labute approximate surface area is 106 Å². The van der Waals surface area contributed by atoms with Crippen LogP contribution >= 0.6 is 0 Å². The normalized spacial score (nSPS) is 12.6. The van der Waals surface area contributed by atoms with Crippen LogP contribution in [0.15, 0.2) is 24.4 Å². The van der Waals surface area contributed by atoms with Crippen LogP contribution in [0.3, 0.4) is 0 Å². The molecule has 1 unspecified atom stereocenters. The van der Waals surface area contributed by atoms with Crippen molar-refractivity contribution in [2.24, 2.45) is 5.73 Å². The number of imidazole rings is 1. The summed E-state index contributed by atoms with van der Waals surface area (Å²) in [4.78, 5) is 15.9. The monoisotopic (exact) mass is 246 g/mol. The third-order valence-electron chi connectivity index (χ3n) is 2.72. The van der Waals surface area contributed by atoms with Crippen molar-refractivity contribution < 1.29 is 4.79 Å². The van der Waals surface area contributed by atoms with E-state index in [2.05, 4.69) is 10.3 Å². The van der Waals surface area contributed by atoms with Crippen LogP contribution in [0.4, 0.5) is 0 Å². The van der Waals surface area contributed by atoms with E-state index in [4.69, 9.17) is 5.73 Å². The molecule has 0 bridgehead atoms. The van der Waals surface area contributed by atoms with E-state index < -0.39 is 0 Å². The Bertz CT molecular complexity index is 559. The number of nitrogens with one attached hydrogen (secondary N) is 1. The number of carbonyl (C=O) groups is 1. The molecule has 0 aliphatic carbocycles. The standard InChI is InChI=1S/C13H18N4O/c1-9(14)6-13(18)15-7-11-8-17-10(2)4-3-5-12(17)16-11/h3-5,8-9H,6-7,14H2,1-2H3,(H,15,18). The van der Waals surface area contributed by atoms with Gasteiger partial charge in [0.05, 0.1) is 12.2 Å². The molecule has 0 fully saturated rings. The van der Waals surface area contributed by atoms with Crippen LogP contribution in [0.25, 0.3) is 5.65 Å². The van der Waals surface area contributed by atoms with E-state index in [-0.39, 0.29) is 11.9 Å². The summed E-state index contributed by atoms with van der Waals surface area (Å²) in [7, 11) is 0. The Morgan fingerprint density at radius 3 is 3.00 bits per heavy atom. The van der Waals surface area contributed by atoms with E-state index in [1.165, 1.54) is 0 Å². The van der Waals surface area contributed by atoms with Crippen molar-refractivity contribution in [3.63, 3.8) is 0 Å². The minimum absolute atomic E-state index is 0.0428. The molecule has 0 spiro atoms. The fraction of sp³-hybridized carbons (Fsp3) is 0.385. The van der Waals surface area contributed by atoms with Gasteiger partial charge in [0, 0.05) is 24.4 Å². The zero-order chi connectivity index (χ0) is 13.1. The lowest BCUT2D eigenvalue weighted by molar-refractivity contribution is -0.121. The lowest BCUT2D eigenvalue weighted by atomic mass is 10.2. The van der Waals surface area contributed by atoms with Gasteiger partial charge >= 0.3 is 0 Å². The molecule has 0 aliphatic heterocycles. The van der Waals surface area contributed by atoms with Crippen LogP contribution < -0.4 is 11.1 Å². The highest BCUT2D eigenvalue weighted by atomic mass is 16.1. The zero-order valence-corrected chi connectivity index (χ0v) is 10.7. The molecule has 96 valence electrons. The molecule has 1 atom stereocenters. The summed E-state index contributed by atoms with van der Waals surface area (Å²) in [5.41, 5.74) is 8.43. The van der Waals surface area contributed by atoms with Gasteiger partial charge in [-0.2, -0.15) is 0 Å². The fourth-order valence-electron chi connectivity index (χ4n) is 1.84. The lowest BCUT2D eigenvalue weighted by Crippen LogP contribution is -2.29. The van der Waals surface area contributed by atoms with Gasteiger partial charge in [-0.3, -0.25) is 4.79 Å². The Balaban J connectivity index is 2.04. The Kier molecular flexibility index (Phi) is 3.62. The number of fused-ring (bicyclic) bond motifs is 1. The largest absolute Gasteiger partial charge is 0.350 e. The Morgan fingerprint density at radius 1 is 1.56 bits per heavy atom. The minimum Gasteiger partial charge on any atom is -0.350 e. The molecule has 0 radical (unpaired) electrons. The molecule has 2 aromatic rings. The number of carbonyl (C=O) groups excluding carboxylic acids is 1. The first-order chi connectivity index (χ1) is 8.56. The average molecular weight is 246 g/mol. The molecule has 0 saturated carbocycles. The maximum absolute atomic E-state index is 11.5. The number of nitrogens with zero attached hydrogens (tertiary/aromatic N) is 2. The van der Waals surface area contributed by atoms with Crippen molar-refractivity contribution in [3.05, 3.63) is 35.8 Å². The van der Waals surface area contributed by atoms with Crippen molar-refractivity contribution in [2.45, 2.75) is 32.9 Å². The van der Waals surface area contributed by atoms with E-state index in [9.17, 15) is 4.79 Å². The van der Waals surface area contributed by atoms with Gasteiger partial charge < -0.3 is 15.5 Å². The minimum atomic E-state index is -0.117. The highest BCUT2D eigenvalue weighted by Gasteiger charge is 2.07. The van der Waals surface area contributed by atoms with Crippen molar-refractivity contribution in [1.82, 2.24) is 14.7 Å². The summed E-state index contributed by atoms with van der Waals surface area (Å²) in [6.07, 6.45) is 2.28. The number of hydrogen-bond donors (Lipinski definition) is 2. The first kappa shape index (κ1) is 12.6. The fourth-order valence-corrected chi connectivity index (χ4v) is 1.84. The number of hydrogen-bond acceptors (Lipinski definition) is 3. The van der Waals surface area contributed by atoms with Gasteiger partial charge in [0.1, 0.15) is 5.65 Å². The van der Waals surface area contributed by atoms with Gasteiger partial charge in [-0.05, 0) is 26.0 Å². The molecular formula is C13H18N4O. The van der Waals surface area contributed by atoms with Crippen molar-refractivity contribution in [2.75, 3.05) is 0 Å². The number of pyridine rings is 1. The lowest BCUT2D eigenvalue weighted by Gasteiger charge is -2.05. The third kappa shape index (κ3) is 2.87. The van der Waals surface area contributed by atoms with Crippen LogP contribution in [-0.4, -0.2) is 21.3 Å². The number of aryl methyl sites for hydroxylation is 1. The molecular weight excluding hydrogens is 228 g/mol. The highest BCUT2D eigenvalue weighted by Crippen LogP contribution is 2.08. The SMILES string of the molecule is Cc1cccc2nc(CNC(=O)CC(C)N)cn12. The number of nitrogens with two attached hydrogens (primary N) is 1. The molecule has 1 amide bonds. The van der Waals surface area contributed by atoms with E-state index in [0.717, 1.165) is 17.0 Å². The Hall–Kier alpha value is -1.88. The van der Waals surface area contributed by atoms with Crippen LogP contribution in [0.1, 0.15) is 24.7 Å². The average Bonchev–Trinajstić information content (AvgIpc) is 2.70. The molecule has 0 saturated heterocycles. The van der Waals surface area contributed by atoms with Crippen molar-refractivity contribution >= 4 is 11.6 Å². The number of amides is 1. The van der Waals surface area contributed by atoms with Crippen LogP contribution in [0.2, 0.25) is 0 Å². The summed E-state index contributed by atoms with van der Waals surface area (Å²) in [6.45, 7) is 4.27. The van der Waals surface area contributed by atoms with E-state index >= 15 is 0 Å². The van der Waals surface area contributed by atoms with Crippen LogP contribution in [0.5, 0.6) is 0 Å². The van der Waals surface area contributed by atoms with Gasteiger partial charge in [0.15, 0.2) is 0 Å². The number of rotatable bonds is 4.